The first-order valence-corrected chi connectivity index (χ1v) is 11.6. The summed E-state index contributed by atoms with van der Waals surface area (Å²) in [5.41, 5.74) is 0. The van der Waals surface area contributed by atoms with Gasteiger partial charge in [0.15, 0.2) is 0 Å². The Morgan fingerprint density at radius 2 is 1.67 bits per heavy atom. The molecule has 2 rings (SSSR count). The number of ether oxygens (including phenoxy) is 1. The van der Waals surface area contributed by atoms with Gasteiger partial charge >= 0.3 is 6.03 Å². The Labute approximate surface area is 180 Å². The molecule has 0 bridgehead atoms. The van der Waals surface area contributed by atoms with Gasteiger partial charge in [0.2, 0.25) is 11.8 Å². The van der Waals surface area contributed by atoms with Crippen molar-refractivity contribution in [3.8, 4) is 0 Å². The maximum atomic E-state index is 12.5. The Balaban J connectivity index is 1.63. The predicted octanol–water partition coefficient (Wildman–Crippen LogP) is 2.18. The van der Waals surface area contributed by atoms with Crippen LogP contribution in [0.4, 0.5) is 4.79 Å². The summed E-state index contributed by atoms with van der Waals surface area (Å²) in [4.78, 5) is 38.9. The van der Waals surface area contributed by atoms with Crippen LogP contribution in [-0.2, 0) is 14.3 Å². The van der Waals surface area contributed by atoms with Gasteiger partial charge in [0.1, 0.15) is 0 Å². The van der Waals surface area contributed by atoms with E-state index in [0.29, 0.717) is 26.2 Å². The molecule has 0 aromatic carbocycles. The number of hydrogen-bond acceptors (Lipinski definition) is 5. The van der Waals surface area contributed by atoms with Gasteiger partial charge in [-0.2, -0.15) is 0 Å². The number of urea groups is 1. The molecular formula is C22H40N4O4. The molecule has 8 nitrogen and oxygen atoms in total. The molecule has 2 aliphatic rings. The van der Waals surface area contributed by atoms with Gasteiger partial charge in [-0.25, -0.2) is 4.79 Å². The van der Waals surface area contributed by atoms with E-state index in [9.17, 15) is 14.4 Å². The molecule has 172 valence electrons. The molecule has 1 atom stereocenters. The molecule has 30 heavy (non-hydrogen) atoms. The number of imide groups is 1. The van der Waals surface area contributed by atoms with Crippen LogP contribution in [-0.4, -0.2) is 67.2 Å². The van der Waals surface area contributed by atoms with Gasteiger partial charge in [-0.15, -0.1) is 0 Å². The van der Waals surface area contributed by atoms with Crippen molar-refractivity contribution in [1.29, 1.82) is 0 Å². The second-order valence-electron chi connectivity index (χ2n) is 8.85. The molecule has 2 fully saturated rings. The molecule has 4 amide bonds. The third kappa shape index (κ3) is 8.60. The van der Waals surface area contributed by atoms with Gasteiger partial charge in [0.25, 0.3) is 0 Å². The van der Waals surface area contributed by atoms with E-state index in [1.807, 2.05) is 25.7 Å². The summed E-state index contributed by atoms with van der Waals surface area (Å²) in [6.45, 7) is 8.44. The van der Waals surface area contributed by atoms with E-state index in [4.69, 9.17) is 4.74 Å². The first kappa shape index (κ1) is 24.6. The Hall–Kier alpha value is -1.67. The first-order chi connectivity index (χ1) is 14.4. The summed E-state index contributed by atoms with van der Waals surface area (Å²) in [5, 5.41) is 8.39. The number of amides is 4. The standard InChI is InChI=1S/C22H40N4O4/c1-16(2)30-15-7-12-23-21(28)18-10-13-26(14-11-18)17(3)20(27)25-22(29)24-19-8-5-4-6-9-19/h16-19H,4-15H2,1-3H3,(H,23,28)(H2,24,25,27,29). The number of rotatable bonds is 9. The molecular weight excluding hydrogens is 384 g/mol. The minimum atomic E-state index is -0.394. The van der Waals surface area contributed by atoms with Gasteiger partial charge in [-0.3, -0.25) is 19.8 Å². The molecule has 1 saturated heterocycles. The summed E-state index contributed by atoms with van der Waals surface area (Å²) in [6, 6.07) is -0.609. The topological polar surface area (TPSA) is 99.8 Å². The normalized spacial score (nSPS) is 20.0. The highest BCUT2D eigenvalue weighted by Gasteiger charge is 2.30. The smallest absolute Gasteiger partial charge is 0.321 e. The minimum absolute atomic E-state index is 0.0165. The lowest BCUT2D eigenvalue weighted by Crippen LogP contribution is -2.53. The van der Waals surface area contributed by atoms with Crippen molar-refractivity contribution in [2.45, 2.75) is 90.3 Å². The zero-order valence-corrected chi connectivity index (χ0v) is 18.9. The lowest BCUT2D eigenvalue weighted by atomic mass is 9.95. The zero-order chi connectivity index (χ0) is 21.9. The van der Waals surface area contributed by atoms with E-state index < -0.39 is 6.03 Å². The number of piperidine rings is 1. The molecule has 1 aliphatic carbocycles. The maximum absolute atomic E-state index is 12.5. The number of nitrogens with one attached hydrogen (secondary N) is 3. The molecule has 0 radical (unpaired) electrons. The molecule has 1 heterocycles. The van der Waals surface area contributed by atoms with E-state index in [1.54, 1.807) is 0 Å². The number of nitrogens with zero attached hydrogens (tertiary/aromatic N) is 1. The van der Waals surface area contributed by atoms with Crippen LogP contribution in [0.25, 0.3) is 0 Å². The van der Waals surface area contributed by atoms with Gasteiger partial charge in [0, 0.05) is 25.1 Å². The van der Waals surface area contributed by atoms with E-state index in [-0.39, 0.29) is 35.9 Å². The highest BCUT2D eigenvalue weighted by atomic mass is 16.5. The molecule has 1 unspecified atom stereocenters. The lowest BCUT2D eigenvalue weighted by molar-refractivity contribution is -0.128. The summed E-state index contributed by atoms with van der Waals surface area (Å²) in [7, 11) is 0. The Morgan fingerprint density at radius 3 is 2.30 bits per heavy atom. The first-order valence-electron chi connectivity index (χ1n) is 11.6. The molecule has 0 aromatic heterocycles. The highest BCUT2D eigenvalue weighted by Crippen LogP contribution is 2.20. The number of carbonyl (C=O) groups excluding carboxylic acids is 3. The minimum Gasteiger partial charge on any atom is -0.379 e. The fourth-order valence-corrected chi connectivity index (χ4v) is 4.15. The van der Waals surface area contributed by atoms with Crippen molar-refractivity contribution in [3.05, 3.63) is 0 Å². The van der Waals surface area contributed by atoms with Crippen molar-refractivity contribution in [2.24, 2.45) is 5.92 Å². The maximum Gasteiger partial charge on any atom is 0.321 e. The van der Waals surface area contributed by atoms with Crippen molar-refractivity contribution in [1.82, 2.24) is 20.9 Å². The zero-order valence-electron chi connectivity index (χ0n) is 18.9. The number of hydrogen-bond donors (Lipinski definition) is 3. The van der Waals surface area contributed by atoms with Crippen LogP contribution in [0.1, 0.15) is 72.1 Å². The molecule has 1 aliphatic heterocycles. The SMILES string of the molecule is CC(C)OCCCNC(=O)C1CCN(C(C)C(=O)NC(=O)NC2CCCCC2)CC1. The van der Waals surface area contributed by atoms with Gasteiger partial charge in [0.05, 0.1) is 12.1 Å². The van der Waals surface area contributed by atoms with Crippen molar-refractivity contribution < 1.29 is 19.1 Å². The Morgan fingerprint density at radius 1 is 1.00 bits per heavy atom. The van der Waals surface area contributed by atoms with Gasteiger partial charge in [-0.1, -0.05) is 19.3 Å². The van der Waals surface area contributed by atoms with E-state index in [1.165, 1.54) is 6.42 Å². The predicted molar refractivity (Wildman–Crippen MR) is 116 cm³/mol. The van der Waals surface area contributed by atoms with E-state index in [0.717, 1.165) is 44.9 Å². The van der Waals surface area contributed by atoms with Crippen molar-refractivity contribution in [3.63, 3.8) is 0 Å². The van der Waals surface area contributed by atoms with Crippen LogP contribution in [0.2, 0.25) is 0 Å². The quantitative estimate of drug-likeness (QED) is 0.493. The third-order valence-electron chi connectivity index (χ3n) is 6.08. The molecule has 0 spiro atoms. The van der Waals surface area contributed by atoms with Crippen LogP contribution < -0.4 is 16.0 Å². The van der Waals surface area contributed by atoms with Crippen LogP contribution in [0.5, 0.6) is 0 Å². The van der Waals surface area contributed by atoms with Crippen molar-refractivity contribution in [2.75, 3.05) is 26.2 Å². The summed E-state index contributed by atoms with van der Waals surface area (Å²) in [5.74, 6) is -0.211. The molecule has 3 N–H and O–H groups in total. The average Bonchev–Trinajstić information content (AvgIpc) is 2.73. The van der Waals surface area contributed by atoms with Crippen molar-refractivity contribution >= 4 is 17.8 Å². The third-order valence-corrected chi connectivity index (χ3v) is 6.08. The summed E-state index contributed by atoms with van der Waals surface area (Å²) < 4.78 is 5.48. The number of likely N-dealkylation sites (tertiary alicyclic amines) is 1. The summed E-state index contributed by atoms with van der Waals surface area (Å²) >= 11 is 0. The van der Waals surface area contributed by atoms with Gasteiger partial charge < -0.3 is 15.4 Å². The monoisotopic (exact) mass is 424 g/mol. The fourth-order valence-electron chi connectivity index (χ4n) is 4.15. The molecule has 1 saturated carbocycles. The van der Waals surface area contributed by atoms with E-state index in [2.05, 4.69) is 16.0 Å². The second-order valence-corrected chi connectivity index (χ2v) is 8.85. The summed E-state index contributed by atoms with van der Waals surface area (Å²) in [6.07, 6.45) is 7.91. The molecule has 8 heteroatoms. The Kier molecular flexibility index (Phi) is 10.6. The largest absolute Gasteiger partial charge is 0.379 e. The fraction of sp³-hybridized carbons (Fsp3) is 0.864. The highest BCUT2D eigenvalue weighted by molar-refractivity contribution is 5.96. The van der Waals surface area contributed by atoms with Crippen LogP contribution >= 0.6 is 0 Å². The van der Waals surface area contributed by atoms with Crippen LogP contribution in [0, 0.1) is 5.92 Å². The van der Waals surface area contributed by atoms with Gasteiger partial charge in [-0.05, 0) is 66.0 Å². The van der Waals surface area contributed by atoms with Crippen LogP contribution in [0.15, 0.2) is 0 Å². The van der Waals surface area contributed by atoms with Crippen LogP contribution in [0.3, 0.4) is 0 Å². The lowest BCUT2D eigenvalue weighted by Gasteiger charge is -2.34. The molecule has 0 aromatic rings. The average molecular weight is 425 g/mol. The second kappa shape index (κ2) is 12.9. The van der Waals surface area contributed by atoms with E-state index >= 15 is 0 Å². The Bertz CT molecular complexity index is 555. The number of carbonyl (C=O) groups is 3.